The van der Waals surface area contributed by atoms with Crippen LogP contribution in [0.25, 0.3) is 5.57 Å². The fourth-order valence-corrected chi connectivity index (χ4v) is 6.30. The molecule has 2 nitrogen and oxygen atoms in total. The van der Waals surface area contributed by atoms with Gasteiger partial charge in [-0.15, -0.1) is 11.8 Å². The number of nitrogens with two attached hydrogens (primary N) is 2. The van der Waals surface area contributed by atoms with E-state index in [1.807, 2.05) is 36.0 Å². The third kappa shape index (κ3) is 3.13. The molecule has 1 aliphatic heterocycles. The maximum atomic E-state index is 6.67. The average Bonchev–Trinajstić information content (AvgIpc) is 3.21. The van der Waals surface area contributed by atoms with Gasteiger partial charge in [0.1, 0.15) is 0 Å². The number of anilines is 2. The summed E-state index contributed by atoms with van der Waals surface area (Å²) in [7, 11) is 0. The molecule has 5 rings (SSSR count). The molecule has 1 heterocycles. The van der Waals surface area contributed by atoms with Crippen LogP contribution in [0.5, 0.6) is 0 Å². The van der Waals surface area contributed by atoms with E-state index in [2.05, 4.69) is 90.3 Å². The van der Waals surface area contributed by atoms with Gasteiger partial charge in [-0.3, -0.25) is 0 Å². The molecule has 0 amide bonds. The highest BCUT2D eigenvalue weighted by molar-refractivity contribution is 8.03. The lowest BCUT2D eigenvalue weighted by atomic mass is 9.63. The SMILES string of the molecule is Nc1ccccc1C1SC=C(c2ccccc2)C1(c1ccccc1)c1ccccc1N. The van der Waals surface area contributed by atoms with Crippen LogP contribution in [0.15, 0.2) is 115 Å². The highest BCUT2D eigenvalue weighted by atomic mass is 32.2. The first-order valence-electron chi connectivity index (χ1n) is 10.4. The van der Waals surface area contributed by atoms with Gasteiger partial charge in [0.25, 0.3) is 0 Å². The van der Waals surface area contributed by atoms with E-state index in [9.17, 15) is 0 Å². The molecule has 1 aliphatic rings. The van der Waals surface area contributed by atoms with Crippen molar-refractivity contribution in [3.8, 4) is 0 Å². The van der Waals surface area contributed by atoms with E-state index in [1.54, 1.807) is 0 Å². The topological polar surface area (TPSA) is 52.0 Å². The zero-order chi connectivity index (χ0) is 21.3. The summed E-state index contributed by atoms with van der Waals surface area (Å²) in [6.07, 6.45) is 0. The van der Waals surface area contributed by atoms with E-state index in [0.29, 0.717) is 0 Å². The minimum Gasteiger partial charge on any atom is -0.398 e. The summed E-state index contributed by atoms with van der Waals surface area (Å²) in [6, 6.07) is 37.7. The maximum absolute atomic E-state index is 6.67. The molecule has 0 spiro atoms. The number of allylic oxidation sites excluding steroid dienone is 1. The fraction of sp³-hybridized carbons (Fsp3) is 0.0714. The third-order valence-electron chi connectivity index (χ3n) is 6.12. The summed E-state index contributed by atoms with van der Waals surface area (Å²) in [5.41, 5.74) is 20.2. The van der Waals surface area contributed by atoms with Crippen molar-refractivity contribution < 1.29 is 0 Å². The van der Waals surface area contributed by atoms with Crippen LogP contribution in [0.2, 0.25) is 0 Å². The Morgan fingerprint density at radius 1 is 0.613 bits per heavy atom. The summed E-state index contributed by atoms with van der Waals surface area (Å²) in [4.78, 5) is 0. The summed E-state index contributed by atoms with van der Waals surface area (Å²) >= 11 is 1.82. The molecule has 0 fully saturated rings. The van der Waals surface area contributed by atoms with Gasteiger partial charge in [0.2, 0.25) is 0 Å². The Kier molecular flexibility index (Phi) is 5.05. The van der Waals surface area contributed by atoms with Crippen LogP contribution >= 0.6 is 11.8 Å². The molecule has 0 aliphatic carbocycles. The Bertz CT molecular complexity index is 1230. The highest BCUT2D eigenvalue weighted by Gasteiger charge is 2.51. The van der Waals surface area contributed by atoms with Crippen molar-refractivity contribution in [1.29, 1.82) is 0 Å². The molecule has 3 heteroatoms. The van der Waals surface area contributed by atoms with Crippen LogP contribution in [0, 0.1) is 0 Å². The first-order chi connectivity index (χ1) is 15.2. The van der Waals surface area contributed by atoms with E-state index in [-0.39, 0.29) is 5.25 Å². The van der Waals surface area contributed by atoms with Crippen molar-refractivity contribution >= 4 is 28.7 Å². The molecule has 4 aromatic rings. The second-order valence-corrected chi connectivity index (χ2v) is 8.78. The van der Waals surface area contributed by atoms with E-state index in [4.69, 9.17) is 11.5 Å². The Hall–Kier alpha value is -3.43. The van der Waals surface area contributed by atoms with Gasteiger partial charge in [-0.1, -0.05) is 97.1 Å². The minimum atomic E-state index is -0.478. The predicted molar refractivity (Wildman–Crippen MR) is 134 cm³/mol. The average molecular weight is 421 g/mol. The number of para-hydroxylation sites is 2. The summed E-state index contributed by atoms with van der Waals surface area (Å²) < 4.78 is 0. The van der Waals surface area contributed by atoms with Crippen LogP contribution in [-0.4, -0.2) is 0 Å². The standard InChI is InChI=1S/C28H24N2S/c29-25-17-9-7-15-22(25)27-28(21-13-5-2-6-14-21,23-16-8-10-18-26(23)30)24(19-31-27)20-11-3-1-4-12-20/h1-19,27H,29-30H2. The molecular formula is C28H24N2S. The van der Waals surface area contributed by atoms with Crippen molar-refractivity contribution in [1.82, 2.24) is 0 Å². The molecule has 0 aromatic heterocycles. The fourth-order valence-electron chi connectivity index (χ4n) is 4.75. The van der Waals surface area contributed by atoms with Crippen LogP contribution in [0.3, 0.4) is 0 Å². The third-order valence-corrected chi connectivity index (χ3v) is 7.37. The van der Waals surface area contributed by atoms with Crippen molar-refractivity contribution in [2.45, 2.75) is 10.7 Å². The van der Waals surface area contributed by atoms with E-state index >= 15 is 0 Å². The van der Waals surface area contributed by atoms with Gasteiger partial charge in [0, 0.05) is 11.4 Å². The largest absolute Gasteiger partial charge is 0.398 e. The monoisotopic (exact) mass is 420 g/mol. The van der Waals surface area contributed by atoms with Crippen molar-refractivity contribution in [3.63, 3.8) is 0 Å². The zero-order valence-corrected chi connectivity index (χ0v) is 17.9. The second kappa shape index (κ2) is 8.01. The van der Waals surface area contributed by atoms with Crippen molar-refractivity contribution in [2.75, 3.05) is 11.5 Å². The molecular weight excluding hydrogens is 396 g/mol. The van der Waals surface area contributed by atoms with E-state index in [1.165, 1.54) is 16.7 Å². The Balaban J connectivity index is 1.88. The van der Waals surface area contributed by atoms with E-state index < -0.39 is 5.41 Å². The van der Waals surface area contributed by atoms with Crippen LogP contribution in [0.4, 0.5) is 11.4 Å². The number of nitrogen functional groups attached to an aromatic ring is 2. The van der Waals surface area contributed by atoms with Gasteiger partial charge in [-0.05, 0) is 45.4 Å². The molecule has 0 saturated heterocycles. The summed E-state index contributed by atoms with van der Waals surface area (Å²) in [5.74, 6) is 0. The minimum absolute atomic E-state index is 0.0519. The van der Waals surface area contributed by atoms with Gasteiger partial charge >= 0.3 is 0 Å². The Morgan fingerprint density at radius 3 is 1.87 bits per heavy atom. The van der Waals surface area contributed by atoms with Crippen LogP contribution in [-0.2, 0) is 5.41 Å². The summed E-state index contributed by atoms with van der Waals surface area (Å²) in [5, 5.41) is 2.35. The molecule has 2 unspecified atom stereocenters. The highest BCUT2D eigenvalue weighted by Crippen LogP contribution is 2.64. The lowest BCUT2D eigenvalue weighted by Crippen LogP contribution is -2.34. The van der Waals surface area contributed by atoms with Gasteiger partial charge in [-0.25, -0.2) is 0 Å². The molecule has 4 aromatic carbocycles. The molecule has 0 bridgehead atoms. The summed E-state index contributed by atoms with van der Waals surface area (Å²) in [6.45, 7) is 0. The predicted octanol–water partition coefficient (Wildman–Crippen LogP) is 6.67. The van der Waals surface area contributed by atoms with Gasteiger partial charge < -0.3 is 11.5 Å². The number of hydrogen-bond donors (Lipinski definition) is 2. The van der Waals surface area contributed by atoms with Gasteiger partial charge in [0.15, 0.2) is 0 Å². The second-order valence-electron chi connectivity index (χ2n) is 7.80. The molecule has 2 atom stereocenters. The zero-order valence-electron chi connectivity index (χ0n) is 17.1. The maximum Gasteiger partial charge on any atom is 0.0645 e. The van der Waals surface area contributed by atoms with Gasteiger partial charge in [-0.2, -0.15) is 0 Å². The molecule has 4 N–H and O–H groups in total. The van der Waals surface area contributed by atoms with Crippen LogP contribution in [0.1, 0.15) is 27.5 Å². The molecule has 152 valence electrons. The first kappa shape index (κ1) is 19.5. The van der Waals surface area contributed by atoms with E-state index in [0.717, 1.165) is 22.5 Å². The van der Waals surface area contributed by atoms with Crippen molar-refractivity contribution in [3.05, 3.63) is 137 Å². The van der Waals surface area contributed by atoms with Crippen LogP contribution < -0.4 is 11.5 Å². The normalized spacial score (nSPS) is 20.4. The number of hydrogen-bond acceptors (Lipinski definition) is 3. The molecule has 0 radical (unpaired) electrons. The molecule has 31 heavy (non-hydrogen) atoms. The molecule has 0 saturated carbocycles. The Morgan fingerprint density at radius 2 is 1.19 bits per heavy atom. The number of rotatable bonds is 4. The number of benzene rings is 4. The smallest absolute Gasteiger partial charge is 0.0645 e. The van der Waals surface area contributed by atoms with Gasteiger partial charge in [0.05, 0.1) is 10.7 Å². The number of thioether (sulfide) groups is 1. The lowest BCUT2D eigenvalue weighted by Gasteiger charge is -2.40. The quantitative estimate of drug-likeness (QED) is 0.363. The Labute approximate surface area is 187 Å². The van der Waals surface area contributed by atoms with Crippen molar-refractivity contribution in [2.24, 2.45) is 0 Å². The lowest BCUT2D eigenvalue weighted by molar-refractivity contribution is 0.656. The first-order valence-corrected chi connectivity index (χ1v) is 11.3.